The van der Waals surface area contributed by atoms with Crippen LogP contribution in [0.4, 0.5) is 9.59 Å². The van der Waals surface area contributed by atoms with Crippen LogP contribution in [0.25, 0.3) is 0 Å². The van der Waals surface area contributed by atoms with Crippen LogP contribution in [0.1, 0.15) is 26.2 Å². The number of hydrogen-bond donors (Lipinski definition) is 6. The van der Waals surface area contributed by atoms with Crippen molar-refractivity contribution in [2.45, 2.75) is 26.2 Å². The quantitative estimate of drug-likeness (QED) is 0.404. The van der Waals surface area contributed by atoms with E-state index in [4.69, 9.17) is 30.0 Å². The standard InChI is InChI=1S/C7H16O2.2CH3NO2/c1-2-3-4-7(5-8)6-9;2*2-1(3)4/h7-9H,2-6H2,1H3;2*2H2,(H,3,4). The summed E-state index contributed by atoms with van der Waals surface area (Å²) in [7, 11) is 0. The van der Waals surface area contributed by atoms with Crippen molar-refractivity contribution in [2.75, 3.05) is 13.2 Å². The van der Waals surface area contributed by atoms with E-state index in [9.17, 15) is 0 Å². The highest BCUT2D eigenvalue weighted by atomic mass is 16.4. The molecule has 0 heterocycles. The summed E-state index contributed by atoms with van der Waals surface area (Å²) in [6, 6.07) is 0. The maximum Gasteiger partial charge on any atom is 0.402 e. The van der Waals surface area contributed by atoms with Gasteiger partial charge in [0.1, 0.15) is 0 Å². The molecular formula is C9H22N2O6. The number of nitrogens with two attached hydrogens (primary N) is 2. The van der Waals surface area contributed by atoms with Crippen LogP contribution in [-0.4, -0.2) is 45.8 Å². The highest BCUT2D eigenvalue weighted by Gasteiger charge is 2.02. The van der Waals surface area contributed by atoms with Crippen molar-refractivity contribution in [3.05, 3.63) is 0 Å². The minimum absolute atomic E-state index is 0.116. The van der Waals surface area contributed by atoms with Gasteiger partial charge in [0.25, 0.3) is 0 Å². The van der Waals surface area contributed by atoms with E-state index in [1.165, 1.54) is 0 Å². The van der Waals surface area contributed by atoms with E-state index in [2.05, 4.69) is 18.4 Å². The zero-order valence-electron chi connectivity index (χ0n) is 9.87. The Morgan fingerprint density at radius 1 is 1.06 bits per heavy atom. The maximum atomic E-state index is 8.78. The molecule has 2 amide bonds. The van der Waals surface area contributed by atoms with Crippen LogP contribution in [0.2, 0.25) is 0 Å². The SMILES string of the molecule is CCCCC(CO)CO.NC(=O)O.NC(=O)O. The Bertz CT molecular complexity index is 164. The lowest BCUT2D eigenvalue weighted by molar-refractivity contribution is 0.142. The van der Waals surface area contributed by atoms with Gasteiger partial charge in [0, 0.05) is 19.1 Å². The van der Waals surface area contributed by atoms with Gasteiger partial charge in [0.15, 0.2) is 0 Å². The van der Waals surface area contributed by atoms with Crippen LogP contribution >= 0.6 is 0 Å². The molecule has 0 radical (unpaired) electrons. The van der Waals surface area contributed by atoms with E-state index in [0.29, 0.717) is 0 Å². The predicted octanol–water partition coefficient (Wildman–Crippen LogP) is 0.0236. The first-order valence-corrected chi connectivity index (χ1v) is 5.00. The normalized spacial score (nSPS) is 8.47. The molecule has 0 aliphatic carbocycles. The second-order valence-corrected chi connectivity index (χ2v) is 3.05. The smallest absolute Gasteiger partial charge is 0.402 e. The number of rotatable bonds is 5. The lowest BCUT2D eigenvalue weighted by Gasteiger charge is -2.07. The van der Waals surface area contributed by atoms with Crippen molar-refractivity contribution < 1.29 is 30.0 Å². The monoisotopic (exact) mass is 254 g/mol. The molecule has 8 nitrogen and oxygen atoms in total. The van der Waals surface area contributed by atoms with Crippen LogP contribution in [0.3, 0.4) is 0 Å². The van der Waals surface area contributed by atoms with Crippen LogP contribution in [-0.2, 0) is 0 Å². The second-order valence-electron chi connectivity index (χ2n) is 3.05. The van der Waals surface area contributed by atoms with Crippen LogP contribution in [0.15, 0.2) is 0 Å². The molecule has 17 heavy (non-hydrogen) atoms. The van der Waals surface area contributed by atoms with E-state index in [-0.39, 0.29) is 19.1 Å². The third-order valence-electron chi connectivity index (χ3n) is 1.48. The van der Waals surface area contributed by atoms with Crippen LogP contribution < -0.4 is 11.5 Å². The van der Waals surface area contributed by atoms with Gasteiger partial charge in [-0.15, -0.1) is 0 Å². The first-order valence-electron chi connectivity index (χ1n) is 5.00. The van der Waals surface area contributed by atoms with Gasteiger partial charge in [0.2, 0.25) is 0 Å². The molecular weight excluding hydrogens is 232 g/mol. The van der Waals surface area contributed by atoms with Gasteiger partial charge >= 0.3 is 12.2 Å². The number of aliphatic hydroxyl groups is 2. The topological polar surface area (TPSA) is 167 Å². The largest absolute Gasteiger partial charge is 0.465 e. The molecule has 0 aromatic rings. The molecule has 0 bridgehead atoms. The molecule has 8 N–H and O–H groups in total. The van der Waals surface area contributed by atoms with Gasteiger partial charge in [-0.2, -0.15) is 0 Å². The summed E-state index contributed by atoms with van der Waals surface area (Å²) in [6.07, 6.45) is 0.520. The van der Waals surface area contributed by atoms with Gasteiger partial charge in [-0.1, -0.05) is 19.8 Å². The average molecular weight is 254 g/mol. The van der Waals surface area contributed by atoms with E-state index in [1.54, 1.807) is 0 Å². The first-order chi connectivity index (χ1) is 7.81. The fourth-order valence-corrected chi connectivity index (χ4v) is 0.733. The third-order valence-corrected chi connectivity index (χ3v) is 1.48. The van der Waals surface area contributed by atoms with Gasteiger partial charge in [-0.3, -0.25) is 0 Å². The van der Waals surface area contributed by atoms with Crippen molar-refractivity contribution in [2.24, 2.45) is 17.4 Å². The van der Waals surface area contributed by atoms with E-state index in [0.717, 1.165) is 19.3 Å². The zero-order valence-corrected chi connectivity index (χ0v) is 9.87. The number of aliphatic hydroxyl groups excluding tert-OH is 2. The summed E-state index contributed by atoms with van der Waals surface area (Å²) in [4.78, 5) is 17.6. The molecule has 0 aromatic carbocycles. The van der Waals surface area contributed by atoms with Crippen molar-refractivity contribution in [1.82, 2.24) is 0 Å². The molecule has 0 rings (SSSR count). The summed E-state index contributed by atoms with van der Waals surface area (Å²) in [5.74, 6) is 0.116. The Balaban J connectivity index is -0.000000205. The molecule has 0 unspecified atom stereocenters. The summed E-state index contributed by atoms with van der Waals surface area (Å²) in [5.41, 5.74) is 8.06. The molecule has 104 valence electrons. The van der Waals surface area contributed by atoms with Crippen LogP contribution in [0.5, 0.6) is 0 Å². The Kier molecular flexibility index (Phi) is 20.7. The maximum absolute atomic E-state index is 8.78. The Morgan fingerprint density at radius 2 is 1.35 bits per heavy atom. The second kappa shape index (κ2) is 16.9. The van der Waals surface area contributed by atoms with Gasteiger partial charge in [-0.05, 0) is 6.42 Å². The minimum atomic E-state index is -1.33. The van der Waals surface area contributed by atoms with E-state index in [1.807, 2.05) is 0 Å². The first kappa shape index (κ1) is 20.8. The van der Waals surface area contributed by atoms with Crippen molar-refractivity contribution in [1.29, 1.82) is 0 Å². The summed E-state index contributed by atoms with van der Waals surface area (Å²) >= 11 is 0. The van der Waals surface area contributed by atoms with Crippen molar-refractivity contribution in [3.8, 4) is 0 Å². The molecule has 0 aromatic heterocycles. The molecule has 0 atom stereocenters. The Morgan fingerprint density at radius 3 is 1.53 bits per heavy atom. The predicted molar refractivity (Wildman–Crippen MR) is 61.6 cm³/mol. The molecule has 8 heteroatoms. The summed E-state index contributed by atoms with van der Waals surface area (Å²) in [6.45, 7) is 2.35. The molecule has 0 aliphatic heterocycles. The van der Waals surface area contributed by atoms with E-state index >= 15 is 0 Å². The molecule has 0 saturated heterocycles. The van der Waals surface area contributed by atoms with Gasteiger partial charge in [-0.25, -0.2) is 9.59 Å². The lowest BCUT2D eigenvalue weighted by Crippen LogP contribution is -2.10. The minimum Gasteiger partial charge on any atom is -0.465 e. The highest BCUT2D eigenvalue weighted by Crippen LogP contribution is 2.05. The number of carboxylic acid groups (broad SMARTS) is 2. The average Bonchev–Trinajstić information content (AvgIpc) is 2.18. The molecule has 0 aliphatic rings. The number of hydrogen-bond acceptors (Lipinski definition) is 4. The van der Waals surface area contributed by atoms with Gasteiger partial charge in [0.05, 0.1) is 0 Å². The summed E-state index contributed by atoms with van der Waals surface area (Å²) < 4.78 is 0. The van der Waals surface area contributed by atoms with Gasteiger partial charge < -0.3 is 31.9 Å². The van der Waals surface area contributed by atoms with Crippen LogP contribution in [0, 0.1) is 5.92 Å². The lowest BCUT2D eigenvalue weighted by atomic mass is 10.0. The summed E-state index contributed by atoms with van der Waals surface area (Å²) in [5, 5.41) is 31.6. The Hall–Kier alpha value is -1.54. The number of primary amides is 2. The van der Waals surface area contributed by atoms with Crippen molar-refractivity contribution in [3.63, 3.8) is 0 Å². The zero-order chi connectivity index (χ0) is 14.3. The van der Waals surface area contributed by atoms with Crippen molar-refractivity contribution >= 4 is 12.2 Å². The number of carbonyl (C=O) groups is 2. The number of amides is 2. The van der Waals surface area contributed by atoms with E-state index < -0.39 is 12.2 Å². The molecule has 0 spiro atoms. The number of unbranched alkanes of at least 4 members (excludes halogenated alkanes) is 1. The highest BCUT2D eigenvalue weighted by molar-refractivity contribution is 5.61. The Labute approximate surface area is 99.9 Å². The third kappa shape index (κ3) is 53.8. The fourth-order valence-electron chi connectivity index (χ4n) is 0.733. The molecule has 0 fully saturated rings. The fraction of sp³-hybridized carbons (Fsp3) is 0.778. The molecule has 0 saturated carbocycles.